The van der Waals surface area contributed by atoms with Crippen molar-refractivity contribution in [3.8, 4) is 0 Å². The molecule has 1 saturated heterocycles. The Morgan fingerprint density at radius 3 is 2.50 bits per heavy atom. The second kappa shape index (κ2) is 5.28. The molecule has 10 heteroatoms. The highest BCUT2D eigenvalue weighted by Gasteiger charge is 2.44. The van der Waals surface area contributed by atoms with Crippen LogP contribution in [0, 0.1) is 0 Å². The summed E-state index contributed by atoms with van der Waals surface area (Å²) in [7, 11) is -7.28. The van der Waals surface area contributed by atoms with Crippen molar-refractivity contribution in [2.24, 2.45) is 0 Å². The molecule has 2 amide bonds. The van der Waals surface area contributed by atoms with Gasteiger partial charge in [-0.15, -0.1) is 0 Å². The van der Waals surface area contributed by atoms with Crippen LogP contribution >= 0.6 is 0 Å². The topological polar surface area (TPSA) is 118 Å². The molecule has 1 N–H and O–H groups in total. The van der Waals surface area contributed by atoms with E-state index in [1.165, 1.54) is 18.2 Å². The van der Waals surface area contributed by atoms with Crippen molar-refractivity contribution in [3.63, 3.8) is 0 Å². The molecule has 1 aromatic rings. The molecule has 24 heavy (non-hydrogen) atoms. The van der Waals surface area contributed by atoms with Crippen LogP contribution in [-0.2, 0) is 24.7 Å². The van der Waals surface area contributed by atoms with E-state index in [9.17, 15) is 26.4 Å². The van der Waals surface area contributed by atoms with E-state index in [0.29, 0.717) is 4.31 Å². The number of rotatable bonds is 3. The Balaban J connectivity index is 1.78. The summed E-state index contributed by atoms with van der Waals surface area (Å²) in [6, 6.07) is 5.74. The highest BCUT2D eigenvalue weighted by atomic mass is 32.2. The zero-order valence-electron chi connectivity index (χ0n) is 12.9. The van der Waals surface area contributed by atoms with Crippen molar-refractivity contribution in [1.82, 2.24) is 9.62 Å². The maximum absolute atomic E-state index is 12.4. The number of fused-ring (bicyclic) bond motifs is 1. The van der Waals surface area contributed by atoms with Gasteiger partial charge in [-0.05, 0) is 25.5 Å². The van der Waals surface area contributed by atoms with Gasteiger partial charge in [0.2, 0.25) is 5.91 Å². The van der Waals surface area contributed by atoms with Crippen LogP contribution in [0.5, 0.6) is 0 Å². The zero-order chi connectivity index (χ0) is 17.8. The van der Waals surface area contributed by atoms with Gasteiger partial charge in [-0.1, -0.05) is 12.1 Å². The van der Waals surface area contributed by atoms with Gasteiger partial charge in [-0.2, -0.15) is 0 Å². The van der Waals surface area contributed by atoms with Crippen molar-refractivity contribution in [1.29, 1.82) is 0 Å². The second-order valence-electron chi connectivity index (χ2n) is 6.26. The number of amides is 2. The first-order valence-corrected chi connectivity index (χ1v) is 10.5. The summed E-state index contributed by atoms with van der Waals surface area (Å²) < 4.78 is 48.4. The van der Waals surface area contributed by atoms with Gasteiger partial charge < -0.3 is 5.32 Å². The van der Waals surface area contributed by atoms with Gasteiger partial charge in [-0.3, -0.25) is 9.59 Å². The highest BCUT2D eigenvalue weighted by Crippen LogP contribution is 2.30. The number of hydrogen-bond acceptors (Lipinski definition) is 6. The molecule has 2 heterocycles. The molecule has 8 nitrogen and oxygen atoms in total. The molecule has 0 radical (unpaired) electrons. The minimum Gasteiger partial charge on any atom is -0.348 e. The predicted molar refractivity (Wildman–Crippen MR) is 84.5 cm³/mol. The quantitative estimate of drug-likeness (QED) is 0.766. The van der Waals surface area contributed by atoms with E-state index in [-0.39, 0.29) is 28.4 Å². The fourth-order valence-corrected chi connectivity index (χ4v) is 6.62. The molecule has 1 unspecified atom stereocenters. The molecule has 1 fully saturated rings. The third kappa shape index (κ3) is 2.80. The second-order valence-corrected chi connectivity index (χ2v) is 10.3. The van der Waals surface area contributed by atoms with Crippen LogP contribution in [0.1, 0.15) is 23.7 Å². The number of hydrogen-bond donors (Lipinski definition) is 1. The van der Waals surface area contributed by atoms with Gasteiger partial charge in [0.15, 0.2) is 9.84 Å². The molecule has 0 spiro atoms. The smallest absolute Gasteiger partial charge is 0.269 e. The van der Waals surface area contributed by atoms with Crippen LogP contribution in [0.3, 0.4) is 0 Å². The maximum atomic E-state index is 12.4. The Labute approximate surface area is 139 Å². The van der Waals surface area contributed by atoms with Crippen molar-refractivity contribution >= 4 is 31.7 Å². The van der Waals surface area contributed by atoms with Crippen molar-refractivity contribution in [3.05, 3.63) is 29.8 Å². The first-order valence-electron chi connectivity index (χ1n) is 7.22. The Morgan fingerprint density at radius 1 is 1.25 bits per heavy atom. The van der Waals surface area contributed by atoms with E-state index >= 15 is 0 Å². The molecular weight excluding hydrogens is 356 g/mol. The third-order valence-electron chi connectivity index (χ3n) is 4.14. The van der Waals surface area contributed by atoms with Crippen LogP contribution in [0.2, 0.25) is 0 Å². The van der Waals surface area contributed by atoms with E-state index in [1.54, 1.807) is 13.0 Å². The standard InChI is InChI=1S/C14H16N2O6S2/c1-14(6-7-23(19,20)9-14)15-12(17)8-16-13(18)10-4-2-3-5-11(10)24(16,21)22/h2-5H,6-9H2,1H3,(H,15,17). The molecule has 1 aromatic carbocycles. The summed E-state index contributed by atoms with van der Waals surface area (Å²) in [5, 5.41) is 2.55. The summed E-state index contributed by atoms with van der Waals surface area (Å²) in [6.07, 6.45) is 0.252. The lowest BCUT2D eigenvalue weighted by Gasteiger charge is -2.25. The lowest BCUT2D eigenvalue weighted by atomic mass is 10.0. The van der Waals surface area contributed by atoms with Crippen molar-refractivity contribution in [2.45, 2.75) is 23.8 Å². The fraction of sp³-hybridized carbons (Fsp3) is 0.429. The van der Waals surface area contributed by atoms with E-state index < -0.39 is 43.8 Å². The lowest BCUT2D eigenvalue weighted by Crippen LogP contribution is -2.51. The number of carbonyl (C=O) groups excluding carboxylic acids is 2. The summed E-state index contributed by atoms with van der Waals surface area (Å²) >= 11 is 0. The highest BCUT2D eigenvalue weighted by molar-refractivity contribution is 7.91. The Hall–Kier alpha value is -1.94. The molecule has 2 aliphatic rings. The molecule has 0 aliphatic carbocycles. The largest absolute Gasteiger partial charge is 0.348 e. The first kappa shape index (κ1) is 16.9. The monoisotopic (exact) mass is 372 g/mol. The van der Waals surface area contributed by atoms with Gasteiger partial charge in [-0.25, -0.2) is 21.1 Å². The van der Waals surface area contributed by atoms with Crippen molar-refractivity contribution in [2.75, 3.05) is 18.1 Å². The van der Waals surface area contributed by atoms with Gasteiger partial charge in [0.05, 0.1) is 22.6 Å². The average Bonchev–Trinajstić information content (AvgIpc) is 2.85. The zero-order valence-corrected chi connectivity index (χ0v) is 14.5. The van der Waals surface area contributed by atoms with Crippen LogP contribution in [0.25, 0.3) is 0 Å². The predicted octanol–water partition coefficient (Wildman–Crippen LogP) is -0.475. The van der Waals surface area contributed by atoms with Crippen molar-refractivity contribution < 1.29 is 26.4 Å². The van der Waals surface area contributed by atoms with E-state index in [1.807, 2.05) is 0 Å². The molecule has 3 rings (SSSR count). The van der Waals surface area contributed by atoms with Gasteiger partial charge in [0, 0.05) is 0 Å². The molecule has 2 aliphatic heterocycles. The van der Waals surface area contributed by atoms with Crippen LogP contribution < -0.4 is 5.32 Å². The Morgan fingerprint density at radius 2 is 1.92 bits per heavy atom. The third-order valence-corrected chi connectivity index (χ3v) is 7.83. The molecule has 130 valence electrons. The van der Waals surface area contributed by atoms with E-state index in [4.69, 9.17) is 0 Å². The minimum atomic E-state index is -4.06. The fourth-order valence-electron chi connectivity index (χ4n) is 3.00. The average molecular weight is 372 g/mol. The number of sulfonamides is 1. The van der Waals surface area contributed by atoms with Gasteiger partial charge >= 0.3 is 0 Å². The first-order chi connectivity index (χ1) is 11.0. The van der Waals surface area contributed by atoms with E-state index in [2.05, 4.69) is 5.32 Å². The Kier molecular flexibility index (Phi) is 3.72. The molecule has 0 saturated carbocycles. The minimum absolute atomic E-state index is 0.0277. The maximum Gasteiger partial charge on any atom is 0.269 e. The number of nitrogens with zero attached hydrogens (tertiary/aromatic N) is 1. The van der Waals surface area contributed by atoms with E-state index in [0.717, 1.165) is 0 Å². The number of sulfone groups is 1. The molecule has 0 aromatic heterocycles. The van der Waals surface area contributed by atoms with Crippen LogP contribution in [0.4, 0.5) is 0 Å². The van der Waals surface area contributed by atoms with Gasteiger partial charge in [0.1, 0.15) is 11.4 Å². The molecular formula is C14H16N2O6S2. The van der Waals surface area contributed by atoms with Crippen LogP contribution in [-0.4, -0.2) is 56.5 Å². The molecule has 1 atom stereocenters. The van der Waals surface area contributed by atoms with Crippen LogP contribution in [0.15, 0.2) is 29.2 Å². The Bertz CT molecular complexity index is 938. The number of carbonyl (C=O) groups is 2. The summed E-state index contributed by atoms with van der Waals surface area (Å²) in [6.45, 7) is 0.913. The number of nitrogens with one attached hydrogen (secondary N) is 1. The molecule has 0 bridgehead atoms. The van der Waals surface area contributed by atoms with Gasteiger partial charge in [0.25, 0.3) is 15.9 Å². The SMILES string of the molecule is CC1(NC(=O)CN2C(=O)c3ccccc3S2(=O)=O)CCS(=O)(=O)C1. The summed E-state index contributed by atoms with van der Waals surface area (Å²) in [5.74, 6) is -1.70. The summed E-state index contributed by atoms with van der Waals surface area (Å²) in [5.41, 5.74) is -0.921. The lowest BCUT2D eigenvalue weighted by molar-refractivity contribution is -0.122. The number of benzene rings is 1. The normalized spacial score (nSPS) is 27.0. The summed E-state index contributed by atoms with van der Waals surface area (Å²) in [4.78, 5) is 24.3.